The number of carbonyl (C=O) groups excluding carboxylic acids is 3. The van der Waals surface area contributed by atoms with E-state index in [1.54, 1.807) is 6.92 Å². The van der Waals surface area contributed by atoms with Crippen molar-refractivity contribution < 1.29 is 38.2 Å². The lowest BCUT2D eigenvalue weighted by Gasteiger charge is -2.51. The molecule has 4 rings (SSSR count). The Morgan fingerprint density at radius 1 is 1.00 bits per heavy atom. The molecule has 4 unspecified atom stereocenters. The van der Waals surface area contributed by atoms with Crippen LogP contribution in [-0.4, -0.2) is 72.5 Å². The van der Waals surface area contributed by atoms with E-state index >= 15 is 0 Å². The number of benzene rings is 2. The normalized spacial score (nSPS) is 22.2. The first-order valence-corrected chi connectivity index (χ1v) is 14.8. The smallest absolute Gasteiger partial charge is 0.348 e. The molecule has 8 nitrogen and oxygen atoms in total. The van der Waals surface area contributed by atoms with Crippen molar-refractivity contribution in [1.82, 2.24) is 0 Å². The summed E-state index contributed by atoms with van der Waals surface area (Å²) in [7, 11) is 1.00. The number of aliphatic hydroxyl groups is 1. The summed E-state index contributed by atoms with van der Waals surface area (Å²) in [6.07, 6.45) is 4.57. The van der Waals surface area contributed by atoms with Gasteiger partial charge < -0.3 is 28.6 Å². The summed E-state index contributed by atoms with van der Waals surface area (Å²) in [5, 5.41) is 7.00. The molecule has 41 heavy (non-hydrogen) atoms. The molecule has 2 aliphatic heterocycles. The Morgan fingerprint density at radius 2 is 1.56 bits per heavy atom. The molecule has 2 heterocycles. The van der Waals surface area contributed by atoms with E-state index < -0.39 is 23.8 Å². The first-order valence-electron chi connectivity index (χ1n) is 14.8. The van der Waals surface area contributed by atoms with Crippen LogP contribution in [0, 0.1) is 0 Å². The van der Waals surface area contributed by atoms with Gasteiger partial charge in [-0.15, -0.1) is 0 Å². The molecule has 0 aromatic heterocycles. The molecule has 1 N–H and O–H groups in total. The van der Waals surface area contributed by atoms with Crippen LogP contribution in [-0.2, 0) is 34.2 Å². The van der Waals surface area contributed by atoms with Crippen LogP contribution >= 0.6 is 0 Å². The molecular weight excluding hydrogens is 522 g/mol. The monoisotopic (exact) mass is 568 g/mol. The highest BCUT2D eigenvalue weighted by molar-refractivity contribution is 5.86. The molecule has 2 aromatic rings. The van der Waals surface area contributed by atoms with Gasteiger partial charge in [-0.3, -0.25) is 4.79 Å². The van der Waals surface area contributed by atoms with Crippen molar-refractivity contribution >= 4 is 18.2 Å². The van der Waals surface area contributed by atoms with Crippen molar-refractivity contribution in [3.8, 4) is 0 Å². The highest BCUT2D eigenvalue weighted by Crippen LogP contribution is 2.41. The number of nitrogens with zero attached hydrogens (tertiary/aromatic N) is 1. The zero-order chi connectivity index (χ0) is 29.9. The Morgan fingerprint density at radius 3 is 2.07 bits per heavy atom. The van der Waals surface area contributed by atoms with Crippen molar-refractivity contribution in [3.63, 3.8) is 0 Å². The summed E-state index contributed by atoms with van der Waals surface area (Å²) in [5.74, 6) is -1.08. The van der Waals surface area contributed by atoms with Crippen molar-refractivity contribution in [3.05, 3.63) is 71.8 Å². The number of aldehydes is 1. The van der Waals surface area contributed by atoms with Gasteiger partial charge >= 0.3 is 11.9 Å². The lowest BCUT2D eigenvalue weighted by atomic mass is 9.85. The minimum Gasteiger partial charge on any atom is -0.459 e. The van der Waals surface area contributed by atoms with Gasteiger partial charge in [0, 0.05) is 39.2 Å². The number of carbonyl (C=O) groups is 3. The molecule has 0 bridgehead atoms. The number of ether oxygens (including phenoxy) is 3. The van der Waals surface area contributed by atoms with Crippen LogP contribution in [0.1, 0.15) is 76.8 Å². The van der Waals surface area contributed by atoms with Gasteiger partial charge in [-0.2, -0.15) is 0 Å². The fourth-order valence-electron chi connectivity index (χ4n) is 6.78. The van der Waals surface area contributed by atoms with Gasteiger partial charge in [0.15, 0.2) is 0 Å². The van der Waals surface area contributed by atoms with E-state index in [1.165, 1.54) is 25.9 Å². The van der Waals surface area contributed by atoms with E-state index in [0.29, 0.717) is 29.5 Å². The van der Waals surface area contributed by atoms with Crippen LogP contribution in [0.4, 0.5) is 0 Å². The lowest BCUT2D eigenvalue weighted by Crippen LogP contribution is -2.63. The van der Waals surface area contributed by atoms with Gasteiger partial charge in [-0.1, -0.05) is 67.6 Å². The predicted molar refractivity (Wildman–Crippen MR) is 156 cm³/mol. The highest BCUT2D eigenvalue weighted by Gasteiger charge is 2.52. The maximum Gasteiger partial charge on any atom is 0.348 e. The fraction of sp³-hybridized carbons (Fsp3) is 0.545. The lowest BCUT2D eigenvalue weighted by molar-refractivity contribution is -0.967. The Labute approximate surface area is 244 Å². The van der Waals surface area contributed by atoms with Gasteiger partial charge in [0.2, 0.25) is 11.9 Å². The largest absolute Gasteiger partial charge is 0.459 e. The molecule has 1 spiro atoms. The molecular formula is C33H46NO7+. The molecule has 224 valence electrons. The van der Waals surface area contributed by atoms with E-state index in [2.05, 4.69) is 13.8 Å². The van der Waals surface area contributed by atoms with Crippen molar-refractivity contribution in [1.29, 1.82) is 0 Å². The summed E-state index contributed by atoms with van der Waals surface area (Å²) in [5.41, 5.74) is -0.457. The average molecular weight is 569 g/mol. The Kier molecular flexibility index (Phi) is 12.1. The third-order valence-corrected chi connectivity index (χ3v) is 8.64. The van der Waals surface area contributed by atoms with Gasteiger partial charge in [0.25, 0.3) is 0 Å². The molecule has 2 fully saturated rings. The summed E-state index contributed by atoms with van der Waals surface area (Å²) in [6, 6.07) is 19.3. The Bertz CT molecular complexity index is 1060. The molecule has 2 aliphatic rings. The molecule has 0 saturated carbocycles. The molecule has 0 amide bonds. The predicted octanol–water partition coefficient (Wildman–Crippen LogP) is 4.91. The van der Waals surface area contributed by atoms with E-state index in [1.807, 2.05) is 60.7 Å². The van der Waals surface area contributed by atoms with Crippen LogP contribution in [0.3, 0.4) is 0 Å². The quantitative estimate of drug-likeness (QED) is 0.178. The van der Waals surface area contributed by atoms with Crippen LogP contribution in [0.15, 0.2) is 60.7 Å². The van der Waals surface area contributed by atoms with Crippen LogP contribution in [0.2, 0.25) is 0 Å². The Balaban J connectivity index is 0.00000226. The first kappa shape index (κ1) is 32.4. The van der Waals surface area contributed by atoms with Crippen molar-refractivity contribution in [2.75, 3.05) is 20.2 Å². The second-order valence-corrected chi connectivity index (χ2v) is 11.0. The maximum absolute atomic E-state index is 14.4. The SMILES string of the molecule is CCC1CC(OC(=O)C(OC(C)OC(=O)CCC=O)(c2ccccc2)c2ccccc2)CC(C)[N+]12CCCC2.CO. The van der Waals surface area contributed by atoms with Gasteiger partial charge in [-0.05, 0) is 31.4 Å². The first-order chi connectivity index (χ1) is 19.9. The number of rotatable bonds is 11. The molecule has 2 saturated heterocycles. The van der Waals surface area contributed by atoms with Crippen LogP contribution in [0.5, 0.6) is 0 Å². The summed E-state index contributed by atoms with van der Waals surface area (Å²) >= 11 is 0. The van der Waals surface area contributed by atoms with Gasteiger partial charge in [-0.25, -0.2) is 4.79 Å². The number of aliphatic hydroxyl groups excluding tert-OH is 1. The standard InChI is InChI=1S/C32H42NO6.CH4O/c1-4-28-23-29(22-24(2)33(28)19-11-12-20-33)38-31(36)32(26-14-7-5-8-15-26,27-16-9-6-10-17-27)39-25(3)37-30(35)18-13-21-34;1-2/h5-10,14-17,21,24-25,28-29H,4,11-13,18-20,22-23H2,1-3H3;2H,1H3/q+1;. The van der Waals surface area contributed by atoms with E-state index in [9.17, 15) is 14.4 Å². The topological polar surface area (TPSA) is 99.1 Å². The number of hydrogen-bond acceptors (Lipinski definition) is 7. The highest BCUT2D eigenvalue weighted by atomic mass is 16.7. The minimum absolute atomic E-state index is 0.0519. The Hall–Kier alpha value is -3.07. The molecule has 0 aliphatic carbocycles. The van der Waals surface area contributed by atoms with Crippen molar-refractivity contribution in [2.24, 2.45) is 0 Å². The van der Waals surface area contributed by atoms with Crippen LogP contribution < -0.4 is 0 Å². The maximum atomic E-state index is 14.4. The van der Waals surface area contributed by atoms with Gasteiger partial charge in [0.05, 0.1) is 31.6 Å². The zero-order valence-electron chi connectivity index (χ0n) is 24.9. The van der Waals surface area contributed by atoms with E-state index in [0.717, 1.165) is 30.9 Å². The summed E-state index contributed by atoms with van der Waals surface area (Å²) in [4.78, 5) is 37.4. The molecule has 4 atom stereocenters. The summed E-state index contributed by atoms with van der Waals surface area (Å²) in [6.45, 7) is 8.53. The molecule has 2 aromatic carbocycles. The number of quaternary nitrogens is 1. The van der Waals surface area contributed by atoms with E-state index in [-0.39, 0.29) is 18.9 Å². The zero-order valence-corrected chi connectivity index (χ0v) is 24.9. The number of piperidine rings is 1. The van der Waals surface area contributed by atoms with Crippen LogP contribution in [0.25, 0.3) is 0 Å². The summed E-state index contributed by atoms with van der Waals surface area (Å²) < 4.78 is 19.4. The third kappa shape index (κ3) is 7.23. The average Bonchev–Trinajstić information content (AvgIpc) is 3.49. The van der Waals surface area contributed by atoms with Crippen molar-refractivity contribution in [2.45, 2.75) is 95.8 Å². The second kappa shape index (κ2) is 15.2. The van der Waals surface area contributed by atoms with Gasteiger partial charge in [0.1, 0.15) is 12.4 Å². The second-order valence-electron chi connectivity index (χ2n) is 11.0. The molecule has 0 radical (unpaired) electrons. The number of hydrogen-bond donors (Lipinski definition) is 1. The number of esters is 2. The van der Waals surface area contributed by atoms with E-state index in [4.69, 9.17) is 19.3 Å². The minimum atomic E-state index is -1.64. The molecule has 8 heteroatoms. The fourth-order valence-corrected chi connectivity index (χ4v) is 6.78. The third-order valence-electron chi connectivity index (χ3n) is 8.64.